The number of benzene rings is 2. The molecule has 1 heterocycles. The monoisotopic (exact) mass is 372 g/mol. The second-order valence-corrected chi connectivity index (χ2v) is 8.79. The lowest BCUT2D eigenvalue weighted by Gasteiger charge is -2.24. The Morgan fingerprint density at radius 2 is 1.69 bits per heavy atom. The minimum Gasteiger partial charge on any atom is -0.324 e. The molecule has 3 rings (SSSR count). The summed E-state index contributed by atoms with van der Waals surface area (Å²) in [6, 6.07) is 11.8. The number of nitrogens with one attached hydrogen (secondary N) is 1. The number of sulfonamides is 1. The topological polar surface area (TPSA) is 66.5 Å². The molecule has 1 N–H and O–H groups in total. The molecule has 0 radical (unpaired) electrons. The molecule has 5 nitrogen and oxygen atoms in total. The zero-order valence-corrected chi connectivity index (χ0v) is 16.1. The van der Waals surface area contributed by atoms with Crippen LogP contribution >= 0.6 is 0 Å². The molecule has 1 saturated heterocycles. The third kappa shape index (κ3) is 3.66. The van der Waals surface area contributed by atoms with E-state index in [-0.39, 0.29) is 10.8 Å². The fraction of sp³-hybridized carbons (Fsp3) is 0.350. The second kappa shape index (κ2) is 7.21. The van der Waals surface area contributed by atoms with Crippen molar-refractivity contribution in [2.45, 2.75) is 44.6 Å². The molecule has 1 amide bonds. The number of hydrogen-bond donors (Lipinski definition) is 1. The average molecular weight is 372 g/mol. The van der Waals surface area contributed by atoms with Crippen molar-refractivity contribution in [3.05, 3.63) is 59.2 Å². The Balaban J connectivity index is 1.83. The van der Waals surface area contributed by atoms with Crippen LogP contribution < -0.4 is 5.32 Å². The van der Waals surface area contributed by atoms with Crippen LogP contribution in [0.1, 0.15) is 29.5 Å². The summed E-state index contributed by atoms with van der Waals surface area (Å²) in [5, 5.41) is 2.90. The minimum absolute atomic E-state index is 0.231. The first-order valence-electron chi connectivity index (χ1n) is 8.75. The highest BCUT2D eigenvalue weighted by Crippen LogP contribution is 2.27. The predicted octanol–water partition coefficient (Wildman–Crippen LogP) is 3.40. The van der Waals surface area contributed by atoms with Gasteiger partial charge in [0.25, 0.3) is 0 Å². The number of carbonyl (C=O) groups excluding carboxylic acids is 1. The van der Waals surface area contributed by atoms with Gasteiger partial charge in [0.05, 0.1) is 4.90 Å². The molecular weight excluding hydrogens is 348 g/mol. The van der Waals surface area contributed by atoms with E-state index < -0.39 is 16.1 Å². The van der Waals surface area contributed by atoms with E-state index >= 15 is 0 Å². The molecule has 0 bridgehead atoms. The number of hydrogen-bond acceptors (Lipinski definition) is 3. The fourth-order valence-electron chi connectivity index (χ4n) is 3.31. The first-order valence-corrected chi connectivity index (χ1v) is 10.2. The maximum absolute atomic E-state index is 13.0. The summed E-state index contributed by atoms with van der Waals surface area (Å²) in [6.07, 6.45) is 1.21. The summed E-state index contributed by atoms with van der Waals surface area (Å²) in [6.45, 7) is 6.19. The molecule has 6 heteroatoms. The van der Waals surface area contributed by atoms with Crippen molar-refractivity contribution in [1.29, 1.82) is 0 Å². The van der Waals surface area contributed by atoms with E-state index in [9.17, 15) is 13.2 Å². The molecule has 0 aromatic heterocycles. The highest BCUT2D eigenvalue weighted by atomic mass is 32.2. The molecule has 0 aliphatic carbocycles. The molecule has 1 aliphatic rings. The molecule has 26 heavy (non-hydrogen) atoms. The standard InChI is InChI=1S/C20H24N2O3S/c1-14-6-9-17(10-7-14)26(24,25)22-12-4-5-19(22)20(23)21-18-11-8-15(2)13-16(18)3/h6-11,13,19H,4-5,12H2,1-3H3,(H,21,23)/t19-/m0/s1. The minimum atomic E-state index is -3.69. The lowest BCUT2D eigenvalue weighted by molar-refractivity contribution is -0.119. The van der Waals surface area contributed by atoms with Gasteiger partial charge in [-0.15, -0.1) is 0 Å². The second-order valence-electron chi connectivity index (χ2n) is 6.89. The molecule has 138 valence electrons. The summed E-state index contributed by atoms with van der Waals surface area (Å²) in [7, 11) is -3.69. The molecule has 0 saturated carbocycles. The van der Waals surface area contributed by atoms with E-state index in [0.29, 0.717) is 19.4 Å². The van der Waals surface area contributed by atoms with E-state index in [2.05, 4.69) is 5.32 Å². The summed E-state index contributed by atoms with van der Waals surface area (Å²) in [5.74, 6) is -0.273. The summed E-state index contributed by atoms with van der Waals surface area (Å²) in [5.41, 5.74) is 3.80. The van der Waals surface area contributed by atoms with Crippen LogP contribution in [0.25, 0.3) is 0 Å². The summed E-state index contributed by atoms with van der Waals surface area (Å²) in [4.78, 5) is 13.0. The van der Waals surface area contributed by atoms with E-state index in [1.165, 1.54) is 4.31 Å². The van der Waals surface area contributed by atoms with Crippen molar-refractivity contribution in [2.24, 2.45) is 0 Å². The first kappa shape index (κ1) is 18.6. The Kier molecular flexibility index (Phi) is 5.16. The molecule has 2 aromatic rings. The van der Waals surface area contributed by atoms with Gasteiger partial charge in [0.1, 0.15) is 6.04 Å². The van der Waals surface area contributed by atoms with E-state index in [1.807, 2.05) is 39.0 Å². The average Bonchev–Trinajstić information content (AvgIpc) is 3.08. The Morgan fingerprint density at radius 1 is 1.04 bits per heavy atom. The number of carbonyl (C=O) groups is 1. The number of anilines is 1. The Labute approximate surface area is 155 Å². The summed E-state index contributed by atoms with van der Waals surface area (Å²) >= 11 is 0. The number of rotatable bonds is 4. The van der Waals surface area contributed by atoms with Crippen LogP contribution in [0, 0.1) is 20.8 Å². The van der Waals surface area contributed by atoms with Gasteiger partial charge in [-0.05, 0) is 57.4 Å². The van der Waals surface area contributed by atoms with Crippen LogP contribution in [0.15, 0.2) is 47.4 Å². The zero-order valence-electron chi connectivity index (χ0n) is 15.3. The van der Waals surface area contributed by atoms with Gasteiger partial charge >= 0.3 is 0 Å². The summed E-state index contributed by atoms with van der Waals surface area (Å²) < 4.78 is 27.3. The molecule has 2 aromatic carbocycles. The van der Waals surface area contributed by atoms with Crippen molar-refractivity contribution in [3.8, 4) is 0 Å². The predicted molar refractivity (Wildman–Crippen MR) is 103 cm³/mol. The van der Waals surface area contributed by atoms with E-state index in [0.717, 1.165) is 22.4 Å². The Hall–Kier alpha value is -2.18. The quantitative estimate of drug-likeness (QED) is 0.894. The number of amides is 1. The van der Waals surface area contributed by atoms with Gasteiger partial charge in [-0.3, -0.25) is 4.79 Å². The molecule has 1 atom stereocenters. The SMILES string of the molecule is Cc1ccc(S(=O)(=O)N2CCC[C@H]2C(=O)Nc2ccc(C)cc2C)cc1. The molecule has 1 aliphatic heterocycles. The number of aryl methyl sites for hydroxylation is 3. The lowest BCUT2D eigenvalue weighted by atomic mass is 10.1. The van der Waals surface area contributed by atoms with Crippen molar-refractivity contribution < 1.29 is 13.2 Å². The highest BCUT2D eigenvalue weighted by molar-refractivity contribution is 7.89. The van der Waals surface area contributed by atoms with Crippen LogP contribution in [0.4, 0.5) is 5.69 Å². The van der Waals surface area contributed by atoms with E-state index in [4.69, 9.17) is 0 Å². The maximum Gasteiger partial charge on any atom is 0.243 e. The van der Waals surface area contributed by atoms with E-state index in [1.54, 1.807) is 24.3 Å². The van der Waals surface area contributed by atoms with Crippen molar-refractivity contribution in [3.63, 3.8) is 0 Å². The Morgan fingerprint density at radius 3 is 2.35 bits per heavy atom. The Bertz CT molecular complexity index is 921. The fourth-order valence-corrected chi connectivity index (χ4v) is 4.96. The van der Waals surface area contributed by atoms with Crippen molar-refractivity contribution in [2.75, 3.05) is 11.9 Å². The molecular formula is C20H24N2O3S. The third-order valence-corrected chi connectivity index (χ3v) is 6.70. The maximum atomic E-state index is 13.0. The third-order valence-electron chi connectivity index (χ3n) is 4.77. The molecule has 0 unspecified atom stereocenters. The van der Waals surface area contributed by atoms with Gasteiger partial charge in [0.15, 0.2) is 0 Å². The van der Waals surface area contributed by atoms with Crippen LogP contribution in [0.2, 0.25) is 0 Å². The highest BCUT2D eigenvalue weighted by Gasteiger charge is 2.39. The van der Waals surface area contributed by atoms with Gasteiger partial charge in [-0.1, -0.05) is 35.4 Å². The molecule has 1 fully saturated rings. The smallest absolute Gasteiger partial charge is 0.243 e. The van der Waals surface area contributed by atoms with Gasteiger partial charge in [0.2, 0.25) is 15.9 Å². The van der Waals surface area contributed by atoms with Gasteiger partial charge in [-0.2, -0.15) is 4.31 Å². The first-order chi connectivity index (χ1) is 12.3. The van der Waals surface area contributed by atoms with Crippen molar-refractivity contribution >= 4 is 21.6 Å². The largest absolute Gasteiger partial charge is 0.324 e. The van der Waals surface area contributed by atoms with Gasteiger partial charge in [-0.25, -0.2) is 8.42 Å². The zero-order chi connectivity index (χ0) is 18.9. The van der Waals surface area contributed by atoms with Gasteiger partial charge < -0.3 is 5.32 Å². The van der Waals surface area contributed by atoms with Crippen LogP contribution in [0.3, 0.4) is 0 Å². The number of nitrogens with zero attached hydrogens (tertiary/aromatic N) is 1. The van der Waals surface area contributed by atoms with Crippen LogP contribution in [-0.4, -0.2) is 31.2 Å². The van der Waals surface area contributed by atoms with Crippen LogP contribution in [0.5, 0.6) is 0 Å². The molecule has 0 spiro atoms. The van der Waals surface area contributed by atoms with Crippen LogP contribution in [-0.2, 0) is 14.8 Å². The normalized spacial score (nSPS) is 18.0. The van der Waals surface area contributed by atoms with Gasteiger partial charge in [0, 0.05) is 12.2 Å². The van der Waals surface area contributed by atoms with Crippen molar-refractivity contribution in [1.82, 2.24) is 4.31 Å². The lowest BCUT2D eigenvalue weighted by Crippen LogP contribution is -2.43.